The molecule has 224 valence electrons. The molecule has 0 radical (unpaired) electrons. The van der Waals surface area contributed by atoms with Crippen LogP contribution in [-0.2, 0) is 29.1 Å². The highest BCUT2D eigenvalue weighted by Gasteiger charge is 2.35. The van der Waals surface area contributed by atoms with Crippen LogP contribution in [0, 0.1) is 12.8 Å². The van der Waals surface area contributed by atoms with Crippen molar-refractivity contribution in [2.24, 2.45) is 11.7 Å². The van der Waals surface area contributed by atoms with E-state index >= 15 is 0 Å². The van der Waals surface area contributed by atoms with Crippen LogP contribution in [-0.4, -0.2) is 48.9 Å². The van der Waals surface area contributed by atoms with Crippen LogP contribution in [0.2, 0.25) is 10.0 Å². The minimum Gasteiger partial charge on any atom is -0.490 e. The molecule has 1 saturated carbocycles. The van der Waals surface area contributed by atoms with Gasteiger partial charge in [0.15, 0.2) is 5.75 Å². The van der Waals surface area contributed by atoms with Crippen LogP contribution < -0.4 is 20.5 Å². The van der Waals surface area contributed by atoms with Gasteiger partial charge in [-0.1, -0.05) is 59.6 Å². The molecule has 1 fully saturated rings. The highest BCUT2D eigenvalue weighted by molar-refractivity contribution is 6.37. The number of ketones is 1. The van der Waals surface area contributed by atoms with Crippen LogP contribution >= 0.6 is 23.2 Å². The lowest BCUT2D eigenvalue weighted by Crippen LogP contribution is -2.41. The highest BCUT2D eigenvalue weighted by atomic mass is 35.5. The van der Waals surface area contributed by atoms with E-state index in [0.29, 0.717) is 60.8 Å². The van der Waals surface area contributed by atoms with Gasteiger partial charge in [0, 0.05) is 25.7 Å². The number of nitrogens with zero attached hydrogens (tertiary/aromatic N) is 1. The lowest BCUT2D eigenvalue weighted by Gasteiger charge is -2.27. The van der Waals surface area contributed by atoms with Gasteiger partial charge in [-0.3, -0.25) is 9.59 Å². The minimum atomic E-state index is -0.310. The summed E-state index contributed by atoms with van der Waals surface area (Å²) in [5, 5.41) is 4.10. The molecule has 1 atom stereocenters. The summed E-state index contributed by atoms with van der Waals surface area (Å²) in [5.74, 6) is 1.04. The van der Waals surface area contributed by atoms with Crippen molar-refractivity contribution in [3.05, 3.63) is 93.0 Å². The number of benzene rings is 3. The van der Waals surface area contributed by atoms with Crippen molar-refractivity contribution in [2.45, 2.75) is 52.2 Å². The molecule has 1 aliphatic carbocycles. The fourth-order valence-electron chi connectivity index (χ4n) is 4.83. The Morgan fingerprint density at radius 2 is 1.64 bits per heavy atom. The summed E-state index contributed by atoms with van der Waals surface area (Å²) in [6, 6.07) is 19.8. The molecule has 1 aliphatic rings. The summed E-state index contributed by atoms with van der Waals surface area (Å²) in [4.78, 5) is 26.9. The molecule has 0 bridgehead atoms. The molecular formula is C33H39Cl2N3O4. The number of halogens is 2. The molecule has 3 N–H and O–H groups in total. The van der Waals surface area contributed by atoms with Crippen LogP contribution in [0.3, 0.4) is 0 Å². The maximum atomic E-state index is 13.7. The number of amides is 1. The Hall–Kier alpha value is -3.10. The van der Waals surface area contributed by atoms with Crippen molar-refractivity contribution < 1.29 is 19.1 Å². The van der Waals surface area contributed by atoms with E-state index in [1.807, 2.05) is 54.3 Å². The van der Waals surface area contributed by atoms with Crippen LogP contribution in [0.1, 0.15) is 42.0 Å². The van der Waals surface area contributed by atoms with Crippen LogP contribution in [0.25, 0.3) is 0 Å². The Bertz CT molecular complexity index is 1340. The van der Waals surface area contributed by atoms with Crippen LogP contribution in [0.15, 0.2) is 60.7 Å². The number of hydrogen-bond donors (Lipinski definition) is 2. The Morgan fingerprint density at radius 3 is 2.29 bits per heavy atom. The van der Waals surface area contributed by atoms with Gasteiger partial charge in [-0.15, -0.1) is 0 Å². The Balaban J connectivity index is 1.29. The number of nitrogens with two attached hydrogens (primary N) is 1. The molecule has 0 spiro atoms. The number of carbonyl (C=O) groups is 2. The van der Waals surface area contributed by atoms with E-state index in [9.17, 15) is 9.59 Å². The van der Waals surface area contributed by atoms with Gasteiger partial charge in [-0.2, -0.15) is 0 Å². The number of aryl methyl sites for hydroxylation is 1. The molecule has 0 heterocycles. The molecule has 42 heavy (non-hydrogen) atoms. The molecule has 0 aliphatic heterocycles. The molecule has 9 heteroatoms. The van der Waals surface area contributed by atoms with Crippen molar-refractivity contribution >= 4 is 34.9 Å². The second-order valence-corrected chi connectivity index (χ2v) is 11.7. The van der Waals surface area contributed by atoms with Crippen molar-refractivity contribution in [1.82, 2.24) is 10.2 Å². The van der Waals surface area contributed by atoms with Crippen molar-refractivity contribution in [3.8, 4) is 11.5 Å². The molecular weight excluding hydrogens is 573 g/mol. The molecule has 7 nitrogen and oxygen atoms in total. The van der Waals surface area contributed by atoms with Crippen LogP contribution in [0.4, 0.5) is 0 Å². The largest absolute Gasteiger partial charge is 0.490 e. The number of nitrogens with one attached hydrogen (secondary N) is 1. The van der Waals surface area contributed by atoms with E-state index in [1.165, 1.54) is 0 Å². The second-order valence-electron chi connectivity index (χ2n) is 10.9. The molecule has 3 aromatic carbocycles. The first-order valence-electron chi connectivity index (χ1n) is 14.3. The van der Waals surface area contributed by atoms with Gasteiger partial charge in [0.2, 0.25) is 5.91 Å². The summed E-state index contributed by atoms with van der Waals surface area (Å²) < 4.78 is 11.5. The van der Waals surface area contributed by atoms with Crippen molar-refractivity contribution in [2.75, 3.05) is 26.3 Å². The number of carbonyl (C=O) groups excluding carboxylic acids is 2. The minimum absolute atomic E-state index is 0.0889. The Kier molecular flexibility index (Phi) is 11.7. The number of rotatable bonds is 16. The Morgan fingerprint density at radius 1 is 0.976 bits per heavy atom. The standard InChI is InChI=1S/C33H39Cl2N3O4/c1-22-14-30(34)32(31(35)15-22)42-13-12-41-29-10-6-24(7-11-29)17-27(18-36)33(40)38(28-8-9-28)21-26-5-3-4-25(16-26)20-37-19-23(2)39/h3-7,10-11,14-16,27-28,37H,8-9,12-13,17-21,36H2,1-2H3. The smallest absolute Gasteiger partial charge is 0.227 e. The first-order chi connectivity index (χ1) is 20.2. The summed E-state index contributed by atoms with van der Waals surface area (Å²) in [5.41, 5.74) is 10.3. The fourth-order valence-corrected chi connectivity index (χ4v) is 5.54. The molecule has 0 aromatic heterocycles. The average Bonchev–Trinajstić information content (AvgIpc) is 3.80. The summed E-state index contributed by atoms with van der Waals surface area (Å²) in [7, 11) is 0. The van der Waals surface area contributed by atoms with Gasteiger partial charge in [-0.05, 0) is 79.6 Å². The molecule has 1 unspecified atom stereocenters. The van der Waals surface area contributed by atoms with Gasteiger partial charge < -0.3 is 25.4 Å². The number of hydrogen-bond acceptors (Lipinski definition) is 6. The second kappa shape index (κ2) is 15.4. The van der Waals surface area contributed by atoms with Gasteiger partial charge in [0.05, 0.1) is 22.5 Å². The summed E-state index contributed by atoms with van der Waals surface area (Å²) in [6.45, 7) is 5.88. The SMILES string of the molecule is CC(=O)CNCc1cccc(CN(C(=O)C(CN)Cc2ccc(OCCOc3c(Cl)cc(C)cc3Cl)cc2)C2CC2)c1. The lowest BCUT2D eigenvalue weighted by molar-refractivity contribution is -0.136. The van der Waals surface area contributed by atoms with Gasteiger partial charge in [0.1, 0.15) is 24.7 Å². The van der Waals surface area contributed by atoms with E-state index in [2.05, 4.69) is 11.4 Å². The fraction of sp³-hybridized carbons (Fsp3) is 0.394. The average molecular weight is 613 g/mol. The molecule has 1 amide bonds. The van der Waals surface area contributed by atoms with Crippen LogP contribution in [0.5, 0.6) is 11.5 Å². The number of ether oxygens (including phenoxy) is 2. The predicted molar refractivity (Wildman–Crippen MR) is 167 cm³/mol. The van der Waals surface area contributed by atoms with Gasteiger partial charge in [0.25, 0.3) is 0 Å². The molecule has 3 aromatic rings. The van der Waals surface area contributed by atoms with Gasteiger partial charge >= 0.3 is 0 Å². The highest BCUT2D eigenvalue weighted by Crippen LogP contribution is 2.34. The molecule has 4 rings (SSSR count). The number of Topliss-reactive ketones (excluding diaryl/α,β-unsaturated/α-hetero) is 1. The normalized spacial score (nSPS) is 13.5. The van der Waals surface area contributed by atoms with Crippen molar-refractivity contribution in [3.63, 3.8) is 0 Å². The zero-order valence-corrected chi connectivity index (χ0v) is 25.7. The monoisotopic (exact) mass is 611 g/mol. The Labute approximate surface area is 258 Å². The topological polar surface area (TPSA) is 93.9 Å². The van der Waals surface area contributed by atoms with E-state index in [0.717, 1.165) is 35.1 Å². The van der Waals surface area contributed by atoms with E-state index in [-0.39, 0.29) is 30.2 Å². The van der Waals surface area contributed by atoms with Crippen molar-refractivity contribution in [1.29, 1.82) is 0 Å². The quantitative estimate of drug-likeness (QED) is 0.200. The third-order valence-corrected chi connectivity index (χ3v) is 7.66. The predicted octanol–water partition coefficient (Wildman–Crippen LogP) is 5.75. The maximum absolute atomic E-state index is 13.7. The van der Waals surface area contributed by atoms with E-state index in [1.54, 1.807) is 19.1 Å². The summed E-state index contributed by atoms with van der Waals surface area (Å²) >= 11 is 12.5. The third kappa shape index (κ3) is 9.46. The summed E-state index contributed by atoms with van der Waals surface area (Å²) in [6.07, 6.45) is 2.59. The lowest BCUT2D eigenvalue weighted by atomic mass is 9.97. The van der Waals surface area contributed by atoms with E-state index in [4.69, 9.17) is 38.4 Å². The van der Waals surface area contributed by atoms with Gasteiger partial charge in [-0.25, -0.2) is 0 Å². The first-order valence-corrected chi connectivity index (χ1v) is 15.1. The zero-order valence-electron chi connectivity index (χ0n) is 24.2. The zero-order chi connectivity index (χ0) is 30.1. The molecule has 0 saturated heterocycles. The maximum Gasteiger partial charge on any atom is 0.227 e. The third-order valence-electron chi connectivity index (χ3n) is 7.10. The first kappa shape index (κ1) is 31.8. The van der Waals surface area contributed by atoms with E-state index < -0.39 is 0 Å².